The van der Waals surface area contributed by atoms with Gasteiger partial charge in [0.05, 0.1) is 22.9 Å². The van der Waals surface area contributed by atoms with Gasteiger partial charge in [0, 0.05) is 17.7 Å². The Hall–Kier alpha value is -0.450. The van der Waals surface area contributed by atoms with E-state index in [-0.39, 0.29) is 0 Å². The predicted molar refractivity (Wildman–Crippen MR) is 91.6 cm³/mol. The zero-order chi connectivity index (χ0) is 15.2. The maximum Gasteiger partial charge on any atom is 0.156 e. The number of nitrogens with one attached hydrogen (secondary N) is 1. The van der Waals surface area contributed by atoms with Crippen LogP contribution in [0.5, 0.6) is 5.75 Å². The lowest BCUT2D eigenvalue weighted by atomic mass is 10.00. The molecule has 3 nitrogen and oxygen atoms in total. The molecule has 2 unspecified atom stereocenters. The number of hydrogen-bond donors (Lipinski definition) is 1. The van der Waals surface area contributed by atoms with Gasteiger partial charge in [-0.2, -0.15) is 0 Å². The van der Waals surface area contributed by atoms with E-state index in [9.17, 15) is 0 Å². The molecule has 1 saturated heterocycles. The van der Waals surface area contributed by atoms with Crippen molar-refractivity contribution in [3.8, 4) is 5.75 Å². The Bertz CT molecular complexity index is 468. The summed E-state index contributed by atoms with van der Waals surface area (Å²) in [6, 6.07) is 4.20. The Labute approximate surface area is 140 Å². The summed E-state index contributed by atoms with van der Waals surface area (Å²) in [5.74, 6) is 0.834. The molecule has 1 N–H and O–H groups in total. The van der Waals surface area contributed by atoms with Crippen LogP contribution < -0.4 is 10.1 Å². The van der Waals surface area contributed by atoms with E-state index < -0.39 is 0 Å². The maximum absolute atomic E-state index is 6.17. The molecule has 1 heterocycles. The molecule has 1 aromatic rings. The van der Waals surface area contributed by atoms with E-state index in [1.165, 1.54) is 0 Å². The Kier molecular flexibility index (Phi) is 6.65. The van der Waals surface area contributed by atoms with Crippen LogP contribution in [0, 0.1) is 0 Å². The van der Waals surface area contributed by atoms with Gasteiger partial charge in [-0.05, 0) is 54.2 Å². The van der Waals surface area contributed by atoms with Crippen LogP contribution in [-0.2, 0) is 4.74 Å². The van der Waals surface area contributed by atoms with Crippen molar-refractivity contribution in [1.82, 2.24) is 0 Å². The summed E-state index contributed by atoms with van der Waals surface area (Å²) < 4.78 is 12.4. The van der Waals surface area contributed by atoms with Crippen molar-refractivity contribution in [2.75, 3.05) is 18.5 Å². The molecule has 1 aliphatic rings. The van der Waals surface area contributed by atoms with Crippen LogP contribution in [0.3, 0.4) is 0 Å². The van der Waals surface area contributed by atoms with Crippen LogP contribution in [0.2, 0.25) is 5.02 Å². The van der Waals surface area contributed by atoms with Gasteiger partial charge in [0.25, 0.3) is 0 Å². The Morgan fingerprint density at radius 1 is 1.43 bits per heavy atom. The lowest BCUT2D eigenvalue weighted by Crippen LogP contribution is -2.34. The number of rotatable bonds is 6. The predicted octanol–water partition coefficient (Wildman–Crippen LogP) is 5.26. The van der Waals surface area contributed by atoms with Gasteiger partial charge in [-0.25, -0.2) is 0 Å². The molecule has 2 rings (SSSR count). The van der Waals surface area contributed by atoms with Crippen molar-refractivity contribution < 1.29 is 9.47 Å². The normalized spacial score (nSPS) is 22.1. The molecular weight excluding hydrogens is 354 g/mol. The fourth-order valence-electron chi connectivity index (χ4n) is 2.71. The molecule has 1 aliphatic heterocycles. The second kappa shape index (κ2) is 8.25. The van der Waals surface area contributed by atoms with E-state index in [1.807, 2.05) is 19.1 Å². The van der Waals surface area contributed by atoms with Gasteiger partial charge in [0.1, 0.15) is 0 Å². The van der Waals surface area contributed by atoms with Crippen molar-refractivity contribution >= 4 is 33.2 Å². The minimum Gasteiger partial charge on any atom is -0.491 e. The zero-order valence-corrected chi connectivity index (χ0v) is 15.0. The third-order valence-electron chi connectivity index (χ3n) is 3.63. The monoisotopic (exact) mass is 375 g/mol. The van der Waals surface area contributed by atoms with Crippen molar-refractivity contribution in [3.63, 3.8) is 0 Å². The first kappa shape index (κ1) is 16.9. The minimum absolute atomic E-state index is 0.361. The van der Waals surface area contributed by atoms with Gasteiger partial charge in [-0.15, -0.1) is 0 Å². The first-order valence-corrected chi connectivity index (χ1v) is 8.81. The second-order valence-electron chi connectivity index (χ2n) is 5.34. The highest BCUT2D eigenvalue weighted by Crippen LogP contribution is 2.37. The van der Waals surface area contributed by atoms with Crippen molar-refractivity contribution in [3.05, 3.63) is 21.6 Å². The van der Waals surface area contributed by atoms with Crippen LogP contribution in [-0.4, -0.2) is 25.4 Å². The summed E-state index contributed by atoms with van der Waals surface area (Å²) in [7, 11) is 0. The summed E-state index contributed by atoms with van der Waals surface area (Å²) in [5.41, 5.74) is 0.957. The van der Waals surface area contributed by atoms with Crippen LogP contribution >= 0.6 is 27.5 Å². The van der Waals surface area contributed by atoms with Gasteiger partial charge < -0.3 is 14.8 Å². The molecule has 0 spiro atoms. The molecule has 1 fully saturated rings. The minimum atomic E-state index is 0.361. The van der Waals surface area contributed by atoms with Gasteiger partial charge >= 0.3 is 0 Å². The molecule has 1 aromatic carbocycles. The van der Waals surface area contributed by atoms with E-state index in [1.54, 1.807) is 0 Å². The van der Waals surface area contributed by atoms with Crippen LogP contribution in [0.25, 0.3) is 0 Å². The van der Waals surface area contributed by atoms with Crippen LogP contribution in [0.1, 0.15) is 39.5 Å². The van der Waals surface area contributed by atoms with E-state index in [2.05, 4.69) is 28.2 Å². The molecule has 118 valence electrons. The highest BCUT2D eigenvalue weighted by atomic mass is 79.9. The summed E-state index contributed by atoms with van der Waals surface area (Å²) in [6.45, 7) is 5.62. The topological polar surface area (TPSA) is 30.5 Å². The molecule has 21 heavy (non-hydrogen) atoms. The molecule has 2 atom stereocenters. The Morgan fingerprint density at radius 2 is 2.24 bits per heavy atom. The third-order valence-corrected chi connectivity index (χ3v) is 4.44. The first-order valence-electron chi connectivity index (χ1n) is 7.64. The summed E-state index contributed by atoms with van der Waals surface area (Å²) in [4.78, 5) is 0. The lowest BCUT2D eigenvalue weighted by molar-refractivity contribution is 0.00594. The number of hydrogen-bond acceptors (Lipinski definition) is 3. The first-order chi connectivity index (χ1) is 10.1. The molecule has 0 bridgehead atoms. The summed E-state index contributed by atoms with van der Waals surface area (Å²) in [5, 5.41) is 4.28. The van der Waals surface area contributed by atoms with Crippen molar-refractivity contribution in [2.45, 2.75) is 51.7 Å². The van der Waals surface area contributed by atoms with Crippen LogP contribution in [0.4, 0.5) is 5.69 Å². The van der Waals surface area contributed by atoms with E-state index >= 15 is 0 Å². The van der Waals surface area contributed by atoms with Gasteiger partial charge in [0.15, 0.2) is 5.75 Å². The third kappa shape index (κ3) is 4.76. The fourth-order valence-corrected chi connectivity index (χ4v) is 3.64. The highest BCUT2D eigenvalue weighted by Gasteiger charge is 2.23. The molecular formula is C16H23BrClNO2. The smallest absolute Gasteiger partial charge is 0.156 e. The highest BCUT2D eigenvalue weighted by molar-refractivity contribution is 9.10. The van der Waals surface area contributed by atoms with Gasteiger partial charge in [-0.1, -0.05) is 24.9 Å². The quantitative estimate of drug-likeness (QED) is 0.734. The SMILES string of the molecule is CCCC1CC(Nc2cc(Cl)cc(Br)c2OCC)CCO1. The molecule has 5 heteroatoms. The fraction of sp³-hybridized carbons (Fsp3) is 0.625. The van der Waals surface area contributed by atoms with Gasteiger partial charge in [0.2, 0.25) is 0 Å². The summed E-state index contributed by atoms with van der Waals surface area (Å²) >= 11 is 9.69. The Balaban J connectivity index is 2.10. The average molecular weight is 377 g/mol. The molecule has 0 radical (unpaired) electrons. The van der Waals surface area contributed by atoms with E-state index in [4.69, 9.17) is 21.1 Å². The maximum atomic E-state index is 6.17. The van der Waals surface area contributed by atoms with Crippen molar-refractivity contribution in [1.29, 1.82) is 0 Å². The van der Waals surface area contributed by atoms with Gasteiger partial charge in [-0.3, -0.25) is 0 Å². The Morgan fingerprint density at radius 3 is 2.95 bits per heavy atom. The second-order valence-corrected chi connectivity index (χ2v) is 6.64. The standard InChI is InChI=1S/C16H23BrClNO2/c1-3-5-13-10-12(6-7-21-13)19-15-9-11(18)8-14(17)16(15)20-4-2/h8-9,12-13,19H,3-7,10H2,1-2H3. The molecule has 0 amide bonds. The van der Waals surface area contributed by atoms with Crippen LogP contribution in [0.15, 0.2) is 16.6 Å². The van der Waals surface area contributed by atoms with Crippen molar-refractivity contribution in [2.24, 2.45) is 0 Å². The zero-order valence-electron chi connectivity index (χ0n) is 12.6. The largest absolute Gasteiger partial charge is 0.491 e. The number of ether oxygens (including phenoxy) is 2. The number of halogens is 2. The van der Waals surface area contributed by atoms with E-state index in [0.717, 1.165) is 48.2 Å². The lowest BCUT2D eigenvalue weighted by Gasteiger charge is -2.31. The molecule has 0 aromatic heterocycles. The molecule has 0 aliphatic carbocycles. The number of anilines is 1. The number of benzene rings is 1. The average Bonchev–Trinajstić information content (AvgIpc) is 2.43. The summed E-state index contributed by atoms with van der Waals surface area (Å²) in [6.07, 6.45) is 4.68. The van der Waals surface area contributed by atoms with E-state index in [0.29, 0.717) is 23.8 Å². The molecule has 0 saturated carbocycles.